The molecule has 0 atom stereocenters. The maximum Gasteiger partial charge on any atom is 0.254 e. The highest BCUT2D eigenvalue weighted by molar-refractivity contribution is 5.33. The van der Waals surface area contributed by atoms with Gasteiger partial charge in [-0.05, 0) is 41.7 Å². The largest absolute Gasteiger partial charge is 0.377 e. The number of benzene rings is 3. The van der Waals surface area contributed by atoms with Gasteiger partial charge < -0.3 is 9.84 Å². The zero-order chi connectivity index (χ0) is 21.9. The van der Waals surface area contributed by atoms with Gasteiger partial charge in [-0.1, -0.05) is 66.7 Å². The molecule has 0 aromatic heterocycles. The van der Waals surface area contributed by atoms with E-state index in [2.05, 4.69) is 48.5 Å². The van der Waals surface area contributed by atoms with E-state index < -0.39 is 5.72 Å². The first-order valence-electron chi connectivity index (χ1n) is 12.0. The van der Waals surface area contributed by atoms with Gasteiger partial charge in [-0.25, -0.2) is 0 Å². The number of hydrogen-bond donors (Lipinski definition) is 1. The first kappa shape index (κ1) is 21.4. The smallest absolute Gasteiger partial charge is 0.254 e. The molecular weight excluding hydrogens is 394 g/mol. The molecule has 3 heterocycles. The average molecular weight is 429 g/mol. The molecule has 3 fully saturated rings. The van der Waals surface area contributed by atoms with Crippen LogP contribution in [0.3, 0.4) is 0 Å². The van der Waals surface area contributed by atoms with Crippen LogP contribution in [0.5, 0.6) is 0 Å². The van der Waals surface area contributed by atoms with Crippen molar-refractivity contribution in [2.24, 2.45) is 5.41 Å². The topological polar surface area (TPSA) is 29.5 Å². The Bertz CT molecular complexity index is 939. The lowest BCUT2D eigenvalue weighted by molar-refractivity contribution is -1.01. The Morgan fingerprint density at radius 2 is 1.19 bits per heavy atom. The molecular formula is C29H34NO2+. The Morgan fingerprint density at radius 1 is 0.719 bits per heavy atom. The average Bonchev–Trinajstić information content (AvgIpc) is 2.89. The molecule has 3 heteroatoms. The molecule has 0 saturated carbocycles. The lowest BCUT2D eigenvalue weighted by atomic mass is 9.67. The van der Waals surface area contributed by atoms with Crippen LogP contribution in [0.15, 0.2) is 91.0 Å². The molecule has 1 N–H and O–H groups in total. The molecule has 3 aromatic carbocycles. The molecule has 3 aliphatic rings. The Kier molecular flexibility index (Phi) is 5.90. The Morgan fingerprint density at radius 3 is 1.69 bits per heavy atom. The minimum atomic E-state index is -1.00. The third-order valence-corrected chi connectivity index (χ3v) is 8.14. The van der Waals surface area contributed by atoms with Crippen molar-refractivity contribution in [2.75, 3.05) is 26.2 Å². The molecule has 0 radical (unpaired) electrons. The number of nitrogens with zero attached hydrogens (tertiary/aromatic N) is 1. The predicted molar refractivity (Wildman–Crippen MR) is 128 cm³/mol. The summed E-state index contributed by atoms with van der Waals surface area (Å²) in [5.41, 5.74) is 2.62. The molecule has 2 bridgehead atoms. The molecule has 6 rings (SSSR count). The molecule has 3 aliphatic heterocycles. The lowest BCUT2D eigenvalue weighted by Crippen LogP contribution is -2.71. The molecule has 0 amide bonds. The fraction of sp³-hybridized carbons (Fsp3) is 0.379. The summed E-state index contributed by atoms with van der Waals surface area (Å²) in [5.74, 6) is 0. The standard InChI is InChI=1S/C29H34NO2/c31-29(26-12-6-2-7-13-26,27-14-8-3-9-15-27)30-20-16-28(17-21-30,18-22-30)19-23-32-24-25-10-4-1-5-11-25/h1-15,31H,16-24H2/q+1. The molecule has 3 aromatic rings. The first-order chi connectivity index (χ1) is 15.7. The highest BCUT2D eigenvalue weighted by Gasteiger charge is 2.59. The monoisotopic (exact) mass is 428 g/mol. The van der Waals surface area contributed by atoms with Crippen molar-refractivity contribution in [3.63, 3.8) is 0 Å². The summed E-state index contributed by atoms with van der Waals surface area (Å²) >= 11 is 0. The Labute approximate surface area is 191 Å². The van der Waals surface area contributed by atoms with Crippen LogP contribution in [-0.2, 0) is 17.1 Å². The second-order valence-electron chi connectivity index (χ2n) is 9.76. The molecule has 166 valence electrons. The lowest BCUT2D eigenvalue weighted by Gasteiger charge is -2.60. The normalized spacial score (nSPS) is 25.0. The van der Waals surface area contributed by atoms with Crippen LogP contribution < -0.4 is 0 Å². The van der Waals surface area contributed by atoms with E-state index in [-0.39, 0.29) is 0 Å². The summed E-state index contributed by atoms with van der Waals surface area (Å²) in [6.45, 7) is 4.55. The minimum absolute atomic E-state index is 0.366. The van der Waals surface area contributed by atoms with Crippen LogP contribution in [0, 0.1) is 5.41 Å². The fourth-order valence-corrected chi connectivity index (χ4v) is 6.03. The predicted octanol–water partition coefficient (Wildman–Crippen LogP) is 5.49. The summed E-state index contributed by atoms with van der Waals surface area (Å²) in [7, 11) is 0. The van der Waals surface area contributed by atoms with Crippen molar-refractivity contribution in [1.82, 2.24) is 0 Å². The quantitative estimate of drug-likeness (QED) is 0.380. The van der Waals surface area contributed by atoms with Gasteiger partial charge in [0.1, 0.15) is 0 Å². The van der Waals surface area contributed by atoms with Gasteiger partial charge >= 0.3 is 0 Å². The maximum atomic E-state index is 12.4. The van der Waals surface area contributed by atoms with E-state index in [0.29, 0.717) is 12.0 Å². The van der Waals surface area contributed by atoms with Crippen LogP contribution in [0.1, 0.15) is 42.4 Å². The van der Waals surface area contributed by atoms with Gasteiger partial charge in [0, 0.05) is 37.0 Å². The van der Waals surface area contributed by atoms with Gasteiger partial charge in [0.25, 0.3) is 5.72 Å². The first-order valence-corrected chi connectivity index (χ1v) is 12.0. The summed E-state index contributed by atoms with van der Waals surface area (Å²) < 4.78 is 6.79. The third-order valence-electron chi connectivity index (χ3n) is 8.14. The van der Waals surface area contributed by atoms with Crippen LogP contribution in [0.25, 0.3) is 0 Å². The molecule has 3 nitrogen and oxygen atoms in total. The van der Waals surface area contributed by atoms with Gasteiger partial charge in [-0.15, -0.1) is 0 Å². The van der Waals surface area contributed by atoms with E-state index >= 15 is 0 Å². The van der Waals surface area contributed by atoms with Gasteiger partial charge in [-0.3, -0.25) is 4.48 Å². The number of fused-ring (bicyclic) bond motifs is 3. The van der Waals surface area contributed by atoms with Crippen molar-refractivity contribution < 1.29 is 14.3 Å². The van der Waals surface area contributed by atoms with Crippen molar-refractivity contribution in [2.45, 2.75) is 38.0 Å². The number of hydrogen-bond acceptors (Lipinski definition) is 2. The van der Waals surface area contributed by atoms with E-state index in [1.54, 1.807) is 0 Å². The van der Waals surface area contributed by atoms with E-state index in [9.17, 15) is 5.11 Å². The zero-order valence-electron chi connectivity index (χ0n) is 18.8. The van der Waals surface area contributed by atoms with Gasteiger partial charge in [0.05, 0.1) is 26.2 Å². The highest BCUT2D eigenvalue weighted by Crippen LogP contribution is 2.53. The molecule has 3 saturated heterocycles. The van der Waals surface area contributed by atoms with E-state index in [1.165, 1.54) is 5.56 Å². The zero-order valence-corrected chi connectivity index (χ0v) is 18.8. The van der Waals surface area contributed by atoms with E-state index in [0.717, 1.165) is 67.5 Å². The van der Waals surface area contributed by atoms with Gasteiger partial charge in [0.2, 0.25) is 0 Å². The Hall–Kier alpha value is -2.46. The van der Waals surface area contributed by atoms with Gasteiger partial charge in [0.15, 0.2) is 0 Å². The SMILES string of the molecule is OC(c1ccccc1)(c1ccccc1)[N+]12CCC(CCOCc3ccccc3)(CC1)CC2. The second kappa shape index (κ2) is 8.82. The van der Waals surface area contributed by atoms with Crippen molar-refractivity contribution in [3.8, 4) is 0 Å². The van der Waals surface area contributed by atoms with Gasteiger partial charge in [-0.2, -0.15) is 0 Å². The van der Waals surface area contributed by atoms with Crippen LogP contribution in [0.4, 0.5) is 0 Å². The molecule has 0 aliphatic carbocycles. The minimum Gasteiger partial charge on any atom is -0.377 e. The number of quaternary nitrogens is 1. The fourth-order valence-electron chi connectivity index (χ4n) is 6.03. The molecule has 32 heavy (non-hydrogen) atoms. The van der Waals surface area contributed by atoms with Crippen molar-refractivity contribution >= 4 is 0 Å². The van der Waals surface area contributed by atoms with Crippen molar-refractivity contribution in [1.29, 1.82) is 0 Å². The third kappa shape index (κ3) is 3.79. The maximum absolute atomic E-state index is 12.4. The number of ether oxygens (including phenoxy) is 1. The second-order valence-corrected chi connectivity index (χ2v) is 9.76. The summed E-state index contributed by atoms with van der Waals surface area (Å²) in [5, 5.41) is 12.4. The number of aliphatic hydroxyl groups is 1. The van der Waals surface area contributed by atoms with E-state index in [4.69, 9.17) is 4.74 Å². The molecule has 0 unspecified atom stereocenters. The summed E-state index contributed by atoms with van der Waals surface area (Å²) in [6.07, 6.45) is 4.59. The van der Waals surface area contributed by atoms with E-state index in [1.807, 2.05) is 42.5 Å². The van der Waals surface area contributed by atoms with Crippen LogP contribution in [0.2, 0.25) is 0 Å². The highest BCUT2D eigenvalue weighted by atomic mass is 16.5. The van der Waals surface area contributed by atoms with Crippen LogP contribution in [-0.4, -0.2) is 35.8 Å². The number of piperidine rings is 3. The van der Waals surface area contributed by atoms with Crippen LogP contribution >= 0.6 is 0 Å². The molecule has 0 spiro atoms. The summed E-state index contributed by atoms with van der Waals surface area (Å²) in [4.78, 5) is 0. The Balaban J connectivity index is 1.31. The number of rotatable bonds is 8. The van der Waals surface area contributed by atoms with Crippen molar-refractivity contribution in [3.05, 3.63) is 108 Å². The summed E-state index contributed by atoms with van der Waals surface area (Å²) in [6, 6.07) is 31.0.